The van der Waals surface area contributed by atoms with Gasteiger partial charge >= 0.3 is 5.97 Å². The van der Waals surface area contributed by atoms with Crippen molar-refractivity contribution in [1.29, 1.82) is 0 Å². The van der Waals surface area contributed by atoms with Gasteiger partial charge in [0.2, 0.25) is 5.91 Å². The molecule has 328 valence electrons. The lowest BCUT2D eigenvalue weighted by Gasteiger charge is -2.24. The average molecular weight is 788 g/mol. The quantitative estimate of drug-likeness (QED) is 0.0325. The molecule has 0 heterocycles. The number of carbonyl (C=O) groups is 2. The fourth-order valence-electron chi connectivity index (χ4n) is 7.33. The molecule has 3 unspecified atom stereocenters. The lowest BCUT2D eigenvalue weighted by atomic mass is 10.0. The Hall–Kier alpha value is -1.92. The van der Waals surface area contributed by atoms with E-state index in [0.717, 1.165) is 83.5 Å². The Morgan fingerprint density at radius 3 is 1.46 bits per heavy atom. The Kier molecular flexibility index (Phi) is 42.7. The molecule has 0 aliphatic carbocycles. The minimum atomic E-state index is -0.787. The summed E-state index contributed by atoms with van der Waals surface area (Å²) in [6, 6.07) is -0.701. The van der Waals surface area contributed by atoms with Gasteiger partial charge in [-0.05, 0) is 57.8 Å². The van der Waals surface area contributed by atoms with Gasteiger partial charge in [0.25, 0.3) is 0 Å². The first-order chi connectivity index (χ1) is 27.5. The largest absolute Gasteiger partial charge is 0.462 e. The maximum Gasteiger partial charge on any atom is 0.306 e. The molecule has 0 bridgehead atoms. The number of carbonyl (C=O) groups excluding carboxylic acids is 2. The highest BCUT2D eigenvalue weighted by atomic mass is 16.5. The zero-order valence-electron chi connectivity index (χ0n) is 37.3. The molecule has 0 aromatic carbocycles. The van der Waals surface area contributed by atoms with Crippen molar-refractivity contribution < 1.29 is 24.5 Å². The number of unbranched alkanes of at least 4 members (excludes halogenated alkanes) is 25. The molecule has 0 saturated heterocycles. The number of amides is 1. The number of nitrogens with one attached hydrogen (secondary N) is 1. The van der Waals surface area contributed by atoms with Crippen LogP contribution in [0.1, 0.15) is 245 Å². The highest BCUT2D eigenvalue weighted by Crippen LogP contribution is 2.18. The predicted octanol–water partition coefficient (Wildman–Crippen LogP) is 14.1. The molecule has 0 spiro atoms. The van der Waals surface area contributed by atoms with E-state index in [4.69, 9.17) is 4.74 Å². The monoisotopic (exact) mass is 788 g/mol. The second kappa shape index (κ2) is 44.2. The van der Waals surface area contributed by atoms with Crippen molar-refractivity contribution in [2.24, 2.45) is 0 Å². The minimum absolute atomic E-state index is 0.0708. The van der Waals surface area contributed by atoms with Gasteiger partial charge in [-0.3, -0.25) is 9.59 Å². The lowest BCUT2D eigenvalue weighted by Crippen LogP contribution is -2.46. The summed E-state index contributed by atoms with van der Waals surface area (Å²) in [5.74, 6) is -0.497. The van der Waals surface area contributed by atoms with Gasteiger partial charge in [-0.2, -0.15) is 0 Å². The molecule has 0 aromatic heterocycles. The third kappa shape index (κ3) is 38.9. The van der Waals surface area contributed by atoms with Gasteiger partial charge in [-0.25, -0.2) is 0 Å². The number of ether oxygens (including phenoxy) is 1. The summed E-state index contributed by atoms with van der Waals surface area (Å²) in [5, 5.41) is 23.7. The molecule has 0 fully saturated rings. The Balaban J connectivity index is 4.45. The van der Waals surface area contributed by atoms with Crippen molar-refractivity contribution in [3.05, 3.63) is 36.5 Å². The van der Waals surface area contributed by atoms with Crippen LogP contribution in [-0.4, -0.2) is 46.9 Å². The van der Waals surface area contributed by atoms with Crippen LogP contribution >= 0.6 is 0 Å². The van der Waals surface area contributed by atoms with Gasteiger partial charge in [-0.1, -0.05) is 211 Å². The van der Waals surface area contributed by atoms with Crippen LogP contribution in [0.25, 0.3) is 0 Å². The molecule has 3 atom stereocenters. The zero-order chi connectivity index (χ0) is 41.0. The van der Waals surface area contributed by atoms with Crippen molar-refractivity contribution in [2.45, 2.75) is 264 Å². The van der Waals surface area contributed by atoms with Gasteiger partial charge in [0.15, 0.2) is 0 Å². The van der Waals surface area contributed by atoms with Crippen LogP contribution in [0.4, 0.5) is 0 Å². The van der Waals surface area contributed by atoms with Crippen molar-refractivity contribution in [3.8, 4) is 0 Å². The number of esters is 1. The zero-order valence-corrected chi connectivity index (χ0v) is 37.3. The number of rotatable bonds is 43. The minimum Gasteiger partial charge on any atom is -0.462 e. The predicted molar refractivity (Wildman–Crippen MR) is 241 cm³/mol. The first-order valence-corrected chi connectivity index (χ1v) is 24.2. The normalized spacial score (nSPS) is 13.6. The van der Waals surface area contributed by atoms with Crippen LogP contribution in [0, 0.1) is 0 Å². The van der Waals surface area contributed by atoms with Crippen LogP contribution in [0.5, 0.6) is 0 Å². The van der Waals surface area contributed by atoms with E-state index in [9.17, 15) is 19.8 Å². The molecule has 6 heteroatoms. The fraction of sp³-hybridized carbons (Fsp3) is 0.840. The Labute approximate surface area is 347 Å². The molecular weight excluding hydrogens is 695 g/mol. The molecular formula is C50H93NO5. The van der Waals surface area contributed by atoms with Crippen LogP contribution < -0.4 is 5.32 Å². The highest BCUT2D eigenvalue weighted by Gasteiger charge is 2.24. The van der Waals surface area contributed by atoms with Crippen molar-refractivity contribution in [3.63, 3.8) is 0 Å². The fourth-order valence-corrected chi connectivity index (χ4v) is 7.33. The lowest BCUT2D eigenvalue weighted by molar-refractivity contribution is -0.151. The summed E-state index contributed by atoms with van der Waals surface area (Å²) in [4.78, 5) is 26.0. The van der Waals surface area contributed by atoms with E-state index >= 15 is 0 Å². The molecule has 56 heavy (non-hydrogen) atoms. The first kappa shape index (κ1) is 54.1. The number of hydrogen-bond donors (Lipinski definition) is 3. The smallest absolute Gasteiger partial charge is 0.306 e. The number of aliphatic hydroxyl groups excluding tert-OH is 2. The molecule has 0 radical (unpaired) electrons. The first-order valence-electron chi connectivity index (χ1n) is 24.2. The molecule has 0 saturated carbocycles. The number of hydrogen-bond acceptors (Lipinski definition) is 5. The molecule has 0 aliphatic rings. The Morgan fingerprint density at radius 1 is 0.536 bits per heavy atom. The van der Waals surface area contributed by atoms with E-state index in [1.807, 2.05) is 0 Å². The third-order valence-corrected chi connectivity index (χ3v) is 11.0. The summed E-state index contributed by atoms with van der Waals surface area (Å²) in [6.45, 7) is 6.35. The van der Waals surface area contributed by atoms with Gasteiger partial charge in [0.1, 0.15) is 6.10 Å². The van der Waals surface area contributed by atoms with Crippen molar-refractivity contribution in [2.75, 3.05) is 6.61 Å². The second-order valence-corrected chi connectivity index (χ2v) is 16.5. The SMILES string of the molecule is CC/C=C/C/C=C/C/C=C/CCCCCCC(=O)OC(CCCCCCCCCC)CC(=O)NC(CO)C(O)CCCCCCCCCCCCCCCCC. The maximum absolute atomic E-state index is 13.1. The van der Waals surface area contributed by atoms with Crippen LogP contribution in [-0.2, 0) is 14.3 Å². The molecule has 0 rings (SSSR count). The van der Waals surface area contributed by atoms with E-state index in [1.165, 1.54) is 116 Å². The van der Waals surface area contributed by atoms with Crippen molar-refractivity contribution >= 4 is 11.9 Å². The third-order valence-electron chi connectivity index (χ3n) is 11.0. The van der Waals surface area contributed by atoms with E-state index < -0.39 is 18.2 Å². The van der Waals surface area contributed by atoms with E-state index in [-0.39, 0.29) is 24.9 Å². The standard InChI is InChI=1S/C50H93NO5/c1-4-7-10-13-16-19-21-23-25-26-28-30-33-36-39-42-48(53)47(45-52)51-49(54)44-46(41-38-35-32-18-15-12-9-6-3)56-50(55)43-40-37-34-31-29-27-24-22-20-17-14-11-8-5-2/h8,11,17,20,24,27,46-48,52-53H,4-7,9-10,12-16,18-19,21-23,25-26,28-45H2,1-3H3,(H,51,54)/b11-8+,20-17+,27-24+. The summed E-state index contributed by atoms with van der Waals surface area (Å²) >= 11 is 0. The van der Waals surface area contributed by atoms with Gasteiger partial charge in [-0.15, -0.1) is 0 Å². The van der Waals surface area contributed by atoms with Crippen LogP contribution in [0.15, 0.2) is 36.5 Å². The summed E-state index contributed by atoms with van der Waals surface area (Å²) in [6.07, 6.45) is 50.7. The number of aliphatic hydroxyl groups is 2. The Bertz CT molecular complexity index is 930. The van der Waals surface area contributed by atoms with Gasteiger partial charge in [0, 0.05) is 6.42 Å². The molecule has 1 amide bonds. The average Bonchev–Trinajstić information content (AvgIpc) is 3.19. The molecule has 6 nitrogen and oxygen atoms in total. The Morgan fingerprint density at radius 2 is 0.964 bits per heavy atom. The van der Waals surface area contributed by atoms with E-state index in [0.29, 0.717) is 19.3 Å². The van der Waals surface area contributed by atoms with Crippen LogP contribution in [0.2, 0.25) is 0 Å². The van der Waals surface area contributed by atoms with E-state index in [1.54, 1.807) is 0 Å². The van der Waals surface area contributed by atoms with Crippen LogP contribution in [0.3, 0.4) is 0 Å². The van der Waals surface area contributed by atoms with Gasteiger partial charge < -0.3 is 20.3 Å². The summed E-state index contributed by atoms with van der Waals surface area (Å²) in [5.41, 5.74) is 0. The topological polar surface area (TPSA) is 95.9 Å². The molecule has 3 N–H and O–H groups in total. The molecule has 0 aromatic rings. The molecule has 0 aliphatic heterocycles. The maximum atomic E-state index is 13.1. The van der Waals surface area contributed by atoms with Crippen molar-refractivity contribution in [1.82, 2.24) is 5.32 Å². The van der Waals surface area contributed by atoms with Gasteiger partial charge in [0.05, 0.1) is 25.2 Å². The highest BCUT2D eigenvalue weighted by molar-refractivity contribution is 5.77. The summed E-state index contributed by atoms with van der Waals surface area (Å²) < 4.78 is 5.88. The number of allylic oxidation sites excluding steroid dienone is 6. The second-order valence-electron chi connectivity index (χ2n) is 16.5. The summed E-state index contributed by atoms with van der Waals surface area (Å²) in [7, 11) is 0. The van der Waals surface area contributed by atoms with E-state index in [2.05, 4.69) is 62.5 Å².